The van der Waals surface area contributed by atoms with E-state index >= 15 is 0 Å². The van der Waals surface area contributed by atoms with Gasteiger partial charge in [0.15, 0.2) is 23.0 Å². The van der Waals surface area contributed by atoms with E-state index in [4.69, 9.17) is 9.47 Å². The van der Waals surface area contributed by atoms with Crippen molar-refractivity contribution in [3.8, 4) is 45.3 Å². The minimum Gasteiger partial charge on any atom is -0.450 e. The van der Waals surface area contributed by atoms with Gasteiger partial charge in [-0.15, -0.1) is 11.3 Å². The first-order valence-corrected chi connectivity index (χ1v) is 25.1. The zero-order valence-corrected chi connectivity index (χ0v) is 41.3. The van der Waals surface area contributed by atoms with Crippen LogP contribution in [-0.4, -0.2) is 6.85 Å². The number of hydrogen-bond donors (Lipinski definition) is 0. The number of anilines is 5. The normalized spacial score (nSPS) is 16.0. The molecular weight excluding hydrogens is 848 g/mol. The summed E-state index contributed by atoms with van der Waals surface area (Å²) >= 11 is 1.89. The Kier molecular flexibility index (Phi) is 8.76. The molecule has 1 aromatic heterocycles. The summed E-state index contributed by atoms with van der Waals surface area (Å²) in [6.45, 7) is 21.0. The fourth-order valence-electron chi connectivity index (χ4n) is 11.9. The van der Waals surface area contributed by atoms with Crippen LogP contribution in [0, 0.1) is 13.8 Å². The standard InChI is InChI=1S/C62H55BN2O2S/c1-36-27-44-42-32-58-43(40-19-13-16-22-57(40)68-58)31-50(42)65(48-24-23-39(60(3,4)5)30-41(48)38-17-11-10-12-18-38)63-47-34-55-56(67-54-21-15-14-20-53(54)66-55)35-51(47)64(52(28-36)59(44)63)49-33-46-45(29-37(49)2)61(6,7)25-26-62(46,8)9/h10-24,27-35H,25-26H2,1-9H3. The molecule has 0 fully saturated rings. The fourth-order valence-corrected chi connectivity index (χ4v) is 13.0. The van der Waals surface area contributed by atoms with E-state index in [0.29, 0.717) is 0 Å². The number of thiophene rings is 1. The summed E-state index contributed by atoms with van der Waals surface area (Å²) in [6, 6.07) is 54.6. The SMILES string of the molecule is Cc1cc2c3c(c1)N(c1cc4c(cc1C)C(C)(C)CCC4(C)C)c1cc4c(cc1B3N(c1ccc(C(C)(C)C)cc1-c1ccccc1)c1cc3c(cc1-2)sc1ccccc13)Oc1ccccc1O4. The molecule has 0 saturated carbocycles. The third-order valence-electron chi connectivity index (χ3n) is 15.7. The molecule has 0 bridgehead atoms. The van der Waals surface area contributed by atoms with Crippen molar-refractivity contribution in [1.82, 2.24) is 0 Å². The van der Waals surface area contributed by atoms with Gasteiger partial charge in [-0.1, -0.05) is 127 Å². The monoisotopic (exact) mass is 902 g/mol. The summed E-state index contributed by atoms with van der Waals surface area (Å²) in [7, 11) is 0. The second-order valence-electron chi connectivity index (χ2n) is 22.1. The molecule has 0 unspecified atom stereocenters. The molecule has 68 heavy (non-hydrogen) atoms. The highest BCUT2D eigenvalue weighted by molar-refractivity contribution is 7.25. The van der Waals surface area contributed by atoms with Gasteiger partial charge >= 0.3 is 6.85 Å². The Morgan fingerprint density at radius 1 is 0.529 bits per heavy atom. The molecule has 0 N–H and O–H groups in total. The zero-order valence-electron chi connectivity index (χ0n) is 40.5. The van der Waals surface area contributed by atoms with Crippen LogP contribution in [0.2, 0.25) is 0 Å². The summed E-state index contributed by atoms with van der Waals surface area (Å²) in [5.41, 5.74) is 20.0. The molecule has 1 aliphatic carbocycles. The predicted molar refractivity (Wildman–Crippen MR) is 289 cm³/mol. The first-order valence-electron chi connectivity index (χ1n) is 24.3. The number of benzene rings is 8. The number of rotatable bonds is 3. The molecule has 3 aliphatic heterocycles. The first kappa shape index (κ1) is 41.4. The van der Waals surface area contributed by atoms with Crippen molar-refractivity contribution in [3.63, 3.8) is 0 Å². The smallest absolute Gasteiger partial charge is 0.333 e. The lowest BCUT2D eigenvalue weighted by Gasteiger charge is -2.47. The van der Waals surface area contributed by atoms with Crippen LogP contribution in [-0.2, 0) is 16.2 Å². The van der Waals surface area contributed by atoms with Crippen molar-refractivity contribution in [2.24, 2.45) is 0 Å². The minimum atomic E-state index is -0.232. The fraction of sp³-hybridized carbons (Fsp3) is 0.226. The van der Waals surface area contributed by atoms with E-state index in [-0.39, 0.29) is 23.1 Å². The number of ether oxygens (including phenoxy) is 2. The molecule has 4 heterocycles. The predicted octanol–water partition coefficient (Wildman–Crippen LogP) is 16.6. The molecule has 0 spiro atoms. The molecular formula is C62H55BN2O2S. The molecule has 0 amide bonds. The Hall–Kier alpha value is -6.76. The molecule has 4 nitrogen and oxygen atoms in total. The number of aryl methyl sites for hydroxylation is 2. The van der Waals surface area contributed by atoms with Crippen LogP contribution in [0.25, 0.3) is 42.4 Å². The maximum absolute atomic E-state index is 6.87. The van der Waals surface area contributed by atoms with E-state index in [1.807, 2.05) is 35.6 Å². The van der Waals surface area contributed by atoms with Gasteiger partial charge in [-0.05, 0) is 153 Å². The van der Waals surface area contributed by atoms with Crippen LogP contribution in [0.15, 0.2) is 146 Å². The largest absolute Gasteiger partial charge is 0.450 e. The number of hydrogen-bond acceptors (Lipinski definition) is 5. The highest BCUT2D eigenvalue weighted by Gasteiger charge is 2.48. The molecule has 8 aromatic carbocycles. The topological polar surface area (TPSA) is 24.9 Å². The van der Waals surface area contributed by atoms with Gasteiger partial charge in [0.2, 0.25) is 0 Å². The lowest BCUT2D eigenvalue weighted by Crippen LogP contribution is -2.61. The maximum Gasteiger partial charge on any atom is 0.333 e. The quantitative estimate of drug-likeness (QED) is 0.165. The molecule has 9 aromatic rings. The van der Waals surface area contributed by atoms with E-state index in [1.165, 1.54) is 110 Å². The summed E-state index contributed by atoms with van der Waals surface area (Å²) in [5, 5.41) is 2.57. The number of fused-ring (bicyclic) bond motifs is 10. The summed E-state index contributed by atoms with van der Waals surface area (Å²) in [5.74, 6) is 2.89. The van der Waals surface area contributed by atoms with Crippen molar-refractivity contribution in [2.45, 2.75) is 91.4 Å². The lowest BCUT2D eigenvalue weighted by molar-refractivity contribution is 0.332. The second kappa shape index (κ2) is 14.4. The average molecular weight is 903 g/mol. The molecule has 6 heteroatoms. The van der Waals surface area contributed by atoms with Crippen molar-refractivity contribution in [3.05, 3.63) is 173 Å². The van der Waals surface area contributed by atoms with Crippen molar-refractivity contribution in [2.75, 3.05) is 9.71 Å². The third kappa shape index (κ3) is 6.12. The Morgan fingerprint density at radius 3 is 1.94 bits per heavy atom. The highest BCUT2D eigenvalue weighted by atomic mass is 32.1. The van der Waals surface area contributed by atoms with Gasteiger partial charge in [-0.25, -0.2) is 0 Å². The van der Waals surface area contributed by atoms with Gasteiger partial charge in [0.1, 0.15) is 0 Å². The van der Waals surface area contributed by atoms with E-state index in [0.717, 1.165) is 35.1 Å². The summed E-state index contributed by atoms with van der Waals surface area (Å²) in [6.07, 6.45) is 2.31. The van der Waals surface area contributed by atoms with Crippen molar-refractivity contribution < 1.29 is 9.47 Å². The van der Waals surface area contributed by atoms with Crippen LogP contribution in [0.4, 0.5) is 28.4 Å². The lowest BCUT2D eigenvalue weighted by atomic mass is 9.43. The van der Waals surface area contributed by atoms with Gasteiger partial charge in [0.05, 0.1) is 0 Å². The first-order chi connectivity index (χ1) is 32.6. The van der Waals surface area contributed by atoms with Crippen LogP contribution >= 0.6 is 11.3 Å². The Morgan fingerprint density at radius 2 is 1.21 bits per heavy atom. The number of para-hydroxylation sites is 2. The molecule has 13 rings (SSSR count). The van der Waals surface area contributed by atoms with Gasteiger partial charge in [-0.3, -0.25) is 0 Å². The summed E-state index contributed by atoms with van der Waals surface area (Å²) < 4.78 is 16.3. The highest BCUT2D eigenvalue weighted by Crippen LogP contribution is 2.56. The minimum absolute atomic E-state index is 0.0232. The average Bonchev–Trinajstić information content (AvgIpc) is 3.69. The van der Waals surface area contributed by atoms with E-state index in [1.54, 1.807) is 0 Å². The molecule has 334 valence electrons. The van der Waals surface area contributed by atoms with E-state index < -0.39 is 0 Å². The van der Waals surface area contributed by atoms with Crippen LogP contribution in [0.3, 0.4) is 0 Å². The second-order valence-corrected chi connectivity index (χ2v) is 23.2. The van der Waals surface area contributed by atoms with Gasteiger partial charge in [0, 0.05) is 65.8 Å². The molecule has 0 radical (unpaired) electrons. The zero-order chi connectivity index (χ0) is 46.6. The molecule has 0 saturated heterocycles. The van der Waals surface area contributed by atoms with E-state index in [2.05, 4.69) is 193 Å². The summed E-state index contributed by atoms with van der Waals surface area (Å²) in [4.78, 5) is 5.26. The Labute approximate surface area is 404 Å². The van der Waals surface area contributed by atoms with Crippen molar-refractivity contribution >= 4 is 77.7 Å². The van der Waals surface area contributed by atoms with Crippen LogP contribution in [0.5, 0.6) is 23.0 Å². The van der Waals surface area contributed by atoms with Crippen LogP contribution in [0.1, 0.15) is 89.1 Å². The maximum atomic E-state index is 6.87. The molecule has 4 aliphatic rings. The third-order valence-corrected chi connectivity index (χ3v) is 16.8. The van der Waals surface area contributed by atoms with Gasteiger partial charge < -0.3 is 19.2 Å². The van der Waals surface area contributed by atoms with Gasteiger partial charge in [0.25, 0.3) is 0 Å². The van der Waals surface area contributed by atoms with Crippen LogP contribution < -0.4 is 30.1 Å². The van der Waals surface area contributed by atoms with Crippen molar-refractivity contribution in [1.29, 1.82) is 0 Å². The molecule has 0 atom stereocenters. The Balaban J connectivity index is 1.17. The number of nitrogens with zero attached hydrogens (tertiary/aromatic N) is 2. The van der Waals surface area contributed by atoms with E-state index in [9.17, 15) is 0 Å². The van der Waals surface area contributed by atoms with Gasteiger partial charge in [-0.2, -0.15) is 0 Å². The Bertz CT molecular complexity index is 3620.